The number of hydrogen-bond acceptors (Lipinski definition) is 3. The molecule has 0 saturated carbocycles. The van der Waals surface area contributed by atoms with Gasteiger partial charge in [0.25, 0.3) is 0 Å². The number of anilines is 1. The number of fused-ring (bicyclic) bond motifs is 1. The number of hydrogen-bond donors (Lipinski definition) is 2. The van der Waals surface area contributed by atoms with E-state index in [9.17, 15) is 4.79 Å². The fourth-order valence-corrected chi connectivity index (χ4v) is 3.18. The highest BCUT2D eigenvalue weighted by Gasteiger charge is 2.27. The van der Waals surface area contributed by atoms with Gasteiger partial charge in [-0.15, -0.1) is 0 Å². The average Bonchev–Trinajstić information content (AvgIpc) is 2.98. The molecule has 1 aromatic heterocycles. The molecule has 1 amide bonds. The molecule has 2 aromatic rings. The summed E-state index contributed by atoms with van der Waals surface area (Å²) in [6.07, 6.45) is 4.15. The largest absolute Gasteiger partial charge is 0.356 e. The van der Waals surface area contributed by atoms with Crippen molar-refractivity contribution in [3.8, 4) is 0 Å². The summed E-state index contributed by atoms with van der Waals surface area (Å²) >= 11 is 0. The zero-order chi connectivity index (χ0) is 16.2. The van der Waals surface area contributed by atoms with Gasteiger partial charge in [-0.1, -0.05) is 19.4 Å². The molecule has 1 aliphatic heterocycles. The minimum atomic E-state index is 0.0653. The normalized spacial score (nSPS) is 18.3. The second kappa shape index (κ2) is 7.02. The summed E-state index contributed by atoms with van der Waals surface area (Å²) in [4.78, 5) is 22.6. The lowest BCUT2D eigenvalue weighted by Crippen LogP contribution is -2.43. The van der Waals surface area contributed by atoms with E-state index in [1.807, 2.05) is 6.07 Å². The van der Waals surface area contributed by atoms with Crippen LogP contribution in [0.1, 0.15) is 38.2 Å². The first-order valence-electron chi connectivity index (χ1n) is 8.66. The van der Waals surface area contributed by atoms with E-state index in [-0.39, 0.29) is 11.8 Å². The summed E-state index contributed by atoms with van der Waals surface area (Å²) in [5.74, 6) is 1.14. The number of piperidine rings is 1. The molecule has 1 unspecified atom stereocenters. The van der Waals surface area contributed by atoms with Gasteiger partial charge in [-0.3, -0.25) is 4.79 Å². The molecule has 2 heterocycles. The topological polar surface area (TPSA) is 61.0 Å². The molecule has 5 nitrogen and oxygen atoms in total. The maximum Gasteiger partial charge on any atom is 0.224 e. The third-order valence-corrected chi connectivity index (χ3v) is 4.55. The first kappa shape index (κ1) is 15.8. The molecular formula is C18H26N4O. The summed E-state index contributed by atoms with van der Waals surface area (Å²) in [6.45, 7) is 6.71. The fraction of sp³-hybridized carbons (Fsp3) is 0.556. The standard InChI is InChI=1S/C18H26N4O/c1-3-4-9-19-17(23)14-6-5-10-22(12-14)18-20-15-8-7-13(2)11-16(15)21-18/h7-8,11,14H,3-6,9-10,12H2,1-2H3,(H,19,23)(H,20,21). The van der Waals surface area contributed by atoms with Gasteiger partial charge in [0.1, 0.15) is 0 Å². The number of rotatable bonds is 5. The van der Waals surface area contributed by atoms with Crippen LogP contribution in [0.2, 0.25) is 0 Å². The molecule has 1 aromatic carbocycles. The molecular weight excluding hydrogens is 288 g/mol. The van der Waals surface area contributed by atoms with Crippen molar-refractivity contribution in [3.05, 3.63) is 23.8 Å². The zero-order valence-corrected chi connectivity index (χ0v) is 14.1. The van der Waals surface area contributed by atoms with Gasteiger partial charge in [-0.2, -0.15) is 0 Å². The molecule has 2 N–H and O–H groups in total. The molecule has 0 bridgehead atoms. The first-order valence-corrected chi connectivity index (χ1v) is 8.66. The van der Waals surface area contributed by atoms with Gasteiger partial charge < -0.3 is 15.2 Å². The summed E-state index contributed by atoms with van der Waals surface area (Å²) in [6, 6.07) is 6.24. The second-order valence-corrected chi connectivity index (χ2v) is 6.51. The highest BCUT2D eigenvalue weighted by molar-refractivity contribution is 5.80. The van der Waals surface area contributed by atoms with Crippen LogP contribution in [0.15, 0.2) is 18.2 Å². The molecule has 0 radical (unpaired) electrons. The van der Waals surface area contributed by atoms with Crippen molar-refractivity contribution in [3.63, 3.8) is 0 Å². The molecule has 3 rings (SSSR count). The summed E-state index contributed by atoms with van der Waals surface area (Å²) in [7, 11) is 0. The third kappa shape index (κ3) is 3.66. The smallest absolute Gasteiger partial charge is 0.224 e. The van der Waals surface area contributed by atoms with Crippen LogP contribution in [0.4, 0.5) is 5.95 Å². The monoisotopic (exact) mass is 314 g/mol. The average molecular weight is 314 g/mol. The number of carbonyl (C=O) groups excluding carboxylic acids is 1. The molecule has 1 fully saturated rings. The Balaban J connectivity index is 1.68. The van der Waals surface area contributed by atoms with Crippen molar-refractivity contribution in [2.75, 3.05) is 24.5 Å². The van der Waals surface area contributed by atoms with Crippen molar-refractivity contribution in [1.29, 1.82) is 0 Å². The molecule has 124 valence electrons. The quantitative estimate of drug-likeness (QED) is 0.834. The Morgan fingerprint density at radius 3 is 3.17 bits per heavy atom. The Morgan fingerprint density at radius 2 is 2.35 bits per heavy atom. The Morgan fingerprint density at radius 1 is 1.48 bits per heavy atom. The minimum Gasteiger partial charge on any atom is -0.356 e. The third-order valence-electron chi connectivity index (χ3n) is 4.55. The Labute approximate surface area is 137 Å². The van der Waals surface area contributed by atoms with E-state index in [0.717, 1.165) is 62.3 Å². The zero-order valence-electron chi connectivity index (χ0n) is 14.1. The number of aromatic amines is 1. The van der Waals surface area contributed by atoms with Crippen LogP contribution in [-0.4, -0.2) is 35.5 Å². The maximum absolute atomic E-state index is 12.3. The van der Waals surface area contributed by atoms with Crippen molar-refractivity contribution >= 4 is 22.9 Å². The number of unbranched alkanes of at least 4 members (excludes halogenated alkanes) is 1. The molecule has 23 heavy (non-hydrogen) atoms. The lowest BCUT2D eigenvalue weighted by Gasteiger charge is -2.31. The van der Waals surface area contributed by atoms with Gasteiger partial charge in [0, 0.05) is 19.6 Å². The SMILES string of the molecule is CCCCNC(=O)C1CCCN(c2nc3ccc(C)cc3[nH]2)C1. The number of nitrogens with one attached hydrogen (secondary N) is 2. The number of amides is 1. The molecule has 1 saturated heterocycles. The molecule has 1 atom stereocenters. The fourth-order valence-electron chi connectivity index (χ4n) is 3.18. The lowest BCUT2D eigenvalue weighted by molar-refractivity contribution is -0.125. The Kier molecular flexibility index (Phi) is 4.84. The second-order valence-electron chi connectivity index (χ2n) is 6.51. The predicted octanol–water partition coefficient (Wildman–Crippen LogP) is 3.00. The van der Waals surface area contributed by atoms with E-state index in [1.165, 1.54) is 5.56 Å². The number of imidazole rings is 1. The van der Waals surface area contributed by atoms with Crippen molar-refractivity contribution < 1.29 is 4.79 Å². The number of H-pyrrole nitrogens is 1. The molecule has 0 spiro atoms. The highest BCUT2D eigenvalue weighted by atomic mass is 16.1. The van der Waals surface area contributed by atoms with E-state index >= 15 is 0 Å². The first-order chi connectivity index (χ1) is 11.2. The Bertz CT molecular complexity index is 679. The van der Waals surface area contributed by atoms with Crippen LogP contribution < -0.4 is 10.2 Å². The minimum absolute atomic E-state index is 0.0653. The lowest BCUT2D eigenvalue weighted by atomic mass is 9.97. The summed E-state index contributed by atoms with van der Waals surface area (Å²) in [5, 5.41) is 3.06. The number of nitrogens with zero attached hydrogens (tertiary/aromatic N) is 2. The highest BCUT2D eigenvalue weighted by Crippen LogP contribution is 2.24. The van der Waals surface area contributed by atoms with E-state index in [4.69, 9.17) is 0 Å². The van der Waals surface area contributed by atoms with Gasteiger partial charge in [-0.05, 0) is 43.9 Å². The van der Waals surface area contributed by atoms with E-state index in [2.05, 4.69) is 46.2 Å². The molecule has 0 aliphatic carbocycles. The number of aryl methyl sites for hydroxylation is 1. The van der Waals surface area contributed by atoms with Gasteiger partial charge in [0.2, 0.25) is 11.9 Å². The van der Waals surface area contributed by atoms with E-state index in [0.29, 0.717) is 0 Å². The van der Waals surface area contributed by atoms with Crippen LogP contribution in [-0.2, 0) is 4.79 Å². The Hall–Kier alpha value is -2.04. The van der Waals surface area contributed by atoms with Crippen LogP contribution in [0.5, 0.6) is 0 Å². The van der Waals surface area contributed by atoms with Crippen LogP contribution >= 0.6 is 0 Å². The summed E-state index contributed by atoms with van der Waals surface area (Å²) in [5.41, 5.74) is 3.27. The van der Waals surface area contributed by atoms with Gasteiger partial charge in [-0.25, -0.2) is 4.98 Å². The van der Waals surface area contributed by atoms with Gasteiger partial charge in [0.15, 0.2) is 0 Å². The van der Waals surface area contributed by atoms with Crippen LogP contribution in [0.3, 0.4) is 0 Å². The van der Waals surface area contributed by atoms with Crippen LogP contribution in [0.25, 0.3) is 11.0 Å². The van der Waals surface area contributed by atoms with Gasteiger partial charge >= 0.3 is 0 Å². The number of benzene rings is 1. The van der Waals surface area contributed by atoms with Gasteiger partial charge in [0.05, 0.1) is 17.0 Å². The van der Waals surface area contributed by atoms with E-state index < -0.39 is 0 Å². The predicted molar refractivity (Wildman–Crippen MR) is 93.7 cm³/mol. The number of carbonyl (C=O) groups is 1. The number of aromatic nitrogens is 2. The van der Waals surface area contributed by atoms with Crippen LogP contribution in [0, 0.1) is 12.8 Å². The summed E-state index contributed by atoms with van der Waals surface area (Å²) < 4.78 is 0. The van der Waals surface area contributed by atoms with Crippen molar-refractivity contribution in [1.82, 2.24) is 15.3 Å². The van der Waals surface area contributed by atoms with Crippen molar-refractivity contribution in [2.24, 2.45) is 5.92 Å². The maximum atomic E-state index is 12.3. The molecule has 1 aliphatic rings. The van der Waals surface area contributed by atoms with E-state index in [1.54, 1.807) is 0 Å². The molecule has 5 heteroatoms. The van der Waals surface area contributed by atoms with Crippen molar-refractivity contribution in [2.45, 2.75) is 39.5 Å².